The Morgan fingerprint density at radius 2 is 2.11 bits per heavy atom. The van der Waals surface area contributed by atoms with Gasteiger partial charge in [0.2, 0.25) is 0 Å². The quantitative estimate of drug-likeness (QED) is 0.861. The fraction of sp³-hybridized carbons (Fsp3) is 0.600. The molecule has 0 amide bonds. The molecule has 0 spiro atoms. The molecule has 2 aromatic rings. The average molecular weight is 273 g/mol. The summed E-state index contributed by atoms with van der Waals surface area (Å²) >= 11 is 1.76. The topological polar surface area (TPSA) is 37.8 Å². The Morgan fingerprint density at radius 1 is 1.16 bits per heavy atom. The third kappa shape index (κ3) is 2.17. The molecule has 1 aliphatic carbocycles. The van der Waals surface area contributed by atoms with E-state index in [4.69, 9.17) is 4.98 Å². The van der Waals surface area contributed by atoms with Crippen LogP contribution < -0.4 is 5.32 Å². The largest absolute Gasteiger partial charge is 0.305 e. The lowest BCUT2D eigenvalue weighted by Crippen LogP contribution is -2.44. The minimum absolute atomic E-state index is 0.457. The summed E-state index contributed by atoms with van der Waals surface area (Å²) in [6, 6.07) is 5.22. The smallest absolute Gasteiger partial charge is 0.143 e. The average Bonchev–Trinajstić information content (AvgIpc) is 2.90. The summed E-state index contributed by atoms with van der Waals surface area (Å²) in [5.41, 5.74) is 1.05. The molecule has 1 N–H and O–H groups in total. The molecule has 4 rings (SSSR count). The Kier molecular flexibility index (Phi) is 3.00. The van der Waals surface area contributed by atoms with E-state index >= 15 is 0 Å². The van der Waals surface area contributed by atoms with Crippen LogP contribution in [0.25, 0.3) is 10.3 Å². The first kappa shape index (κ1) is 11.8. The van der Waals surface area contributed by atoms with Crippen molar-refractivity contribution >= 4 is 21.7 Å². The zero-order valence-corrected chi connectivity index (χ0v) is 11.8. The third-order valence-corrected chi connectivity index (χ3v) is 5.72. The molecule has 0 aromatic carbocycles. The van der Waals surface area contributed by atoms with Crippen molar-refractivity contribution in [1.29, 1.82) is 0 Å². The number of nitrogens with one attached hydrogen (secondary N) is 1. The number of aromatic nitrogens is 2. The Bertz CT molecular complexity index is 547. The van der Waals surface area contributed by atoms with Crippen LogP contribution >= 0.6 is 11.3 Å². The van der Waals surface area contributed by atoms with Gasteiger partial charge in [0.25, 0.3) is 0 Å². The van der Waals surface area contributed by atoms with Gasteiger partial charge in [-0.15, -0.1) is 0 Å². The number of piperidine rings is 1. The van der Waals surface area contributed by atoms with E-state index in [0.29, 0.717) is 6.04 Å². The molecule has 1 aliphatic heterocycles. The second-order valence-corrected chi connectivity index (χ2v) is 6.84. The third-order valence-electron chi connectivity index (χ3n) is 4.63. The van der Waals surface area contributed by atoms with Crippen LogP contribution in [-0.2, 0) is 0 Å². The fourth-order valence-corrected chi connectivity index (χ4v) is 4.63. The second-order valence-electron chi connectivity index (χ2n) is 5.83. The van der Waals surface area contributed by atoms with Gasteiger partial charge in [0.15, 0.2) is 0 Å². The zero-order valence-electron chi connectivity index (χ0n) is 11.0. The van der Waals surface area contributed by atoms with Crippen LogP contribution in [0.5, 0.6) is 0 Å². The van der Waals surface area contributed by atoms with Gasteiger partial charge in [-0.1, -0.05) is 24.2 Å². The molecule has 4 heteroatoms. The molecule has 2 aliphatic rings. The molecule has 2 fully saturated rings. The number of thiazole rings is 1. The number of rotatable bonds is 1. The minimum Gasteiger partial charge on any atom is -0.305 e. The van der Waals surface area contributed by atoms with E-state index in [1.807, 2.05) is 12.3 Å². The maximum absolute atomic E-state index is 4.77. The highest BCUT2D eigenvalue weighted by molar-refractivity contribution is 7.18. The number of hydrogen-bond acceptors (Lipinski definition) is 4. The highest BCUT2D eigenvalue weighted by Crippen LogP contribution is 2.38. The molecule has 0 bridgehead atoms. The molecule has 3 atom stereocenters. The standard InChI is InChI=1S/C15H19N3S/c1-2-5-11-10(4-1)7-8-13(17-11)15-18-12-6-3-9-16-14(12)19-15/h3,6,9-11,13,17H,1-2,4-5,7-8H2. The first-order chi connectivity index (χ1) is 9.40. The maximum Gasteiger partial charge on any atom is 0.143 e. The molecule has 1 saturated heterocycles. The minimum atomic E-state index is 0.457. The van der Waals surface area contributed by atoms with Crippen molar-refractivity contribution in [3.63, 3.8) is 0 Å². The molecule has 2 aromatic heterocycles. The number of pyridine rings is 1. The lowest BCUT2D eigenvalue weighted by Gasteiger charge is -2.39. The molecule has 0 radical (unpaired) electrons. The van der Waals surface area contributed by atoms with Crippen LogP contribution in [0.4, 0.5) is 0 Å². The fourth-order valence-electron chi connectivity index (χ4n) is 3.63. The van der Waals surface area contributed by atoms with E-state index in [2.05, 4.69) is 16.4 Å². The van der Waals surface area contributed by atoms with Crippen LogP contribution in [-0.4, -0.2) is 16.0 Å². The molecular formula is C15H19N3S. The molecule has 3 nitrogen and oxygen atoms in total. The van der Waals surface area contributed by atoms with E-state index < -0.39 is 0 Å². The summed E-state index contributed by atoms with van der Waals surface area (Å²) in [7, 11) is 0. The van der Waals surface area contributed by atoms with Gasteiger partial charge >= 0.3 is 0 Å². The highest BCUT2D eigenvalue weighted by Gasteiger charge is 2.33. The number of nitrogens with zero attached hydrogens (tertiary/aromatic N) is 2. The summed E-state index contributed by atoms with van der Waals surface area (Å²) in [4.78, 5) is 10.2. The van der Waals surface area contributed by atoms with Gasteiger partial charge in [-0.25, -0.2) is 9.97 Å². The van der Waals surface area contributed by atoms with E-state index in [1.54, 1.807) is 11.3 Å². The van der Waals surface area contributed by atoms with Crippen molar-refractivity contribution in [2.24, 2.45) is 5.92 Å². The molecule has 3 heterocycles. The maximum atomic E-state index is 4.77. The van der Waals surface area contributed by atoms with Crippen LogP contribution in [0.1, 0.15) is 49.6 Å². The summed E-state index contributed by atoms with van der Waals surface area (Å²) in [5.74, 6) is 0.914. The molecule has 3 unspecified atom stereocenters. The summed E-state index contributed by atoms with van der Waals surface area (Å²) in [6.45, 7) is 0. The second kappa shape index (κ2) is 4.84. The molecule has 19 heavy (non-hydrogen) atoms. The lowest BCUT2D eigenvalue weighted by atomic mass is 9.78. The summed E-state index contributed by atoms with van der Waals surface area (Å²) in [6.07, 6.45) is 10.1. The number of fused-ring (bicyclic) bond motifs is 2. The Balaban J connectivity index is 1.58. The Labute approximate surface area is 117 Å². The van der Waals surface area contributed by atoms with E-state index in [-0.39, 0.29) is 0 Å². The number of hydrogen-bond donors (Lipinski definition) is 1. The van der Waals surface area contributed by atoms with Gasteiger partial charge in [-0.05, 0) is 43.7 Å². The van der Waals surface area contributed by atoms with Crippen molar-refractivity contribution in [1.82, 2.24) is 15.3 Å². The van der Waals surface area contributed by atoms with Crippen molar-refractivity contribution < 1.29 is 0 Å². The van der Waals surface area contributed by atoms with Gasteiger partial charge in [-0.2, -0.15) is 0 Å². The first-order valence-electron chi connectivity index (χ1n) is 7.37. The van der Waals surface area contributed by atoms with E-state index in [1.165, 1.54) is 43.5 Å². The van der Waals surface area contributed by atoms with Gasteiger partial charge in [-0.3, -0.25) is 0 Å². The van der Waals surface area contributed by atoms with Gasteiger partial charge in [0.1, 0.15) is 15.4 Å². The van der Waals surface area contributed by atoms with E-state index in [0.717, 1.165) is 22.3 Å². The first-order valence-corrected chi connectivity index (χ1v) is 8.19. The highest BCUT2D eigenvalue weighted by atomic mass is 32.1. The van der Waals surface area contributed by atoms with Crippen molar-refractivity contribution in [2.45, 2.75) is 50.6 Å². The van der Waals surface area contributed by atoms with Gasteiger partial charge in [0.05, 0.1) is 6.04 Å². The predicted octanol–water partition coefficient (Wildman–Crippen LogP) is 3.67. The monoisotopic (exact) mass is 273 g/mol. The van der Waals surface area contributed by atoms with Crippen molar-refractivity contribution in [2.75, 3.05) is 0 Å². The van der Waals surface area contributed by atoms with Crippen LogP contribution in [0.15, 0.2) is 18.3 Å². The normalized spacial score (nSPS) is 31.3. The Hall–Kier alpha value is -1.00. The summed E-state index contributed by atoms with van der Waals surface area (Å²) in [5, 5.41) is 5.09. The Morgan fingerprint density at radius 3 is 3.05 bits per heavy atom. The van der Waals surface area contributed by atoms with Crippen LogP contribution in [0.2, 0.25) is 0 Å². The van der Waals surface area contributed by atoms with E-state index in [9.17, 15) is 0 Å². The SMILES string of the molecule is c1cnc2sc(C3CCC4CCCCC4N3)nc2c1. The molecule has 100 valence electrons. The van der Waals surface area contributed by atoms with Crippen molar-refractivity contribution in [3.8, 4) is 0 Å². The molecule has 1 saturated carbocycles. The zero-order chi connectivity index (χ0) is 12.7. The van der Waals surface area contributed by atoms with Gasteiger partial charge < -0.3 is 5.32 Å². The van der Waals surface area contributed by atoms with Crippen LogP contribution in [0.3, 0.4) is 0 Å². The summed E-state index contributed by atoms with van der Waals surface area (Å²) < 4.78 is 0. The predicted molar refractivity (Wildman–Crippen MR) is 78.3 cm³/mol. The van der Waals surface area contributed by atoms with Crippen LogP contribution in [0, 0.1) is 5.92 Å². The van der Waals surface area contributed by atoms with Crippen molar-refractivity contribution in [3.05, 3.63) is 23.3 Å². The molecular weight excluding hydrogens is 254 g/mol. The lowest BCUT2D eigenvalue weighted by molar-refractivity contribution is 0.177. The van der Waals surface area contributed by atoms with Gasteiger partial charge in [0, 0.05) is 12.2 Å².